The molecule has 6 heteroatoms. The second-order valence-electron chi connectivity index (χ2n) is 7.30. The molecule has 2 heterocycles. The normalized spacial score (nSPS) is 29.3. The van der Waals surface area contributed by atoms with E-state index >= 15 is 0 Å². The molecule has 1 aliphatic carbocycles. The van der Waals surface area contributed by atoms with Gasteiger partial charge in [0.15, 0.2) is 0 Å². The van der Waals surface area contributed by atoms with Gasteiger partial charge in [-0.2, -0.15) is 0 Å². The topological polar surface area (TPSA) is 50.8 Å². The first-order chi connectivity index (χ1) is 12.1. The molecule has 25 heavy (non-hydrogen) atoms. The summed E-state index contributed by atoms with van der Waals surface area (Å²) in [5.41, 5.74) is 0.574. The number of ether oxygens (including phenoxy) is 2. The van der Waals surface area contributed by atoms with E-state index in [0.717, 1.165) is 32.0 Å². The fourth-order valence-corrected chi connectivity index (χ4v) is 4.18. The molecule has 1 saturated carbocycles. The molecule has 3 aliphatic rings. The van der Waals surface area contributed by atoms with Crippen LogP contribution in [0.4, 0.5) is 0 Å². The fourth-order valence-electron chi connectivity index (χ4n) is 3.94. The van der Waals surface area contributed by atoms with Gasteiger partial charge >= 0.3 is 0 Å². The van der Waals surface area contributed by atoms with E-state index in [9.17, 15) is 4.79 Å². The van der Waals surface area contributed by atoms with Crippen molar-refractivity contribution in [2.24, 2.45) is 5.92 Å². The lowest BCUT2D eigenvalue weighted by atomic mass is 10.1. The highest BCUT2D eigenvalue weighted by Crippen LogP contribution is 2.38. The summed E-state index contributed by atoms with van der Waals surface area (Å²) in [6.45, 7) is 5.17. The quantitative estimate of drug-likeness (QED) is 0.872. The molecule has 3 atom stereocenters. The van der Waals surface area contributed by atoms with Crippen molar-refractivity contribution >= 4 is 17.5 Å². The summed E-state index contributed by atoms with van der Waals surface area (Å²) >= 11 is 6.19. The van der Waals surface area contributed by atoms with Crippen molar-refractivity contribution in [3.63, 3.8) is 0 Å². The number of carbonyl (C=O) groups is 1. The summed E-state index contributed by atoms with van der Waals surface area (Å²) < 4.78 is 11.4. The van der Waals surface area contributed by atoms with Gasteiger partial charge in [0.2, 0.25) is 0 Å². The summed E-state index contributed by atoms with van der Waals surface area (Å²) in [6, 6.07) is 5.80. The maximum absolute atomic E-state index is 12.5. The summed E-state index contributed by atoms with van der Waals surface area (Å²) in [5, 5.41) is 3.63. The van der Waals surface area contributed by atoms with Crippen molar-refractivity contribution in [1.29, 1.82) is 0 Å². The zero-order valence-electron chi connectivity index (χ0n) is 14.5. The van der Waals surface area contributed by atoms with Gasteiger partial charge in [-0.3, -0.25) is 9.69 Å². The number of hydrogen-bond donors (Lipinski definition) is 1. The van der Waals surface area contributed by atoms with Crippen molar-refractivity contribution in [2.45, 2.75) is 44.4 Å². The Balaban J connectivity index is 1.34. The Labute approximate surface area is 153 Å². The first-order valence-electron chi connectivity index (χ1n) is 9.23. The first kappa shape index (κ1) is 17.1. The minimum atomic E-state index is -0.0746. The van der Waals surface area contributed by atoms with E-state index in [1.807, 2.05) is 6.92 Å². The van der Waals surface area contributed by atoms with Crippen LogP contribution in [-0.2, 0) is 4.74 Å². The summed E-state index contributed by atoms with van der Waals surface area (Å²) in [5.74, 6) is 1.30. The standard InChI is InChI=1S/C19H25ClN2O3/c1-2-24-17-6-5-13(7-16(17)20)19(23)21-14-8-15-11-25-18(12-3-4-12)10-22(15)9-14/h5-7,12,14-15,18H,2-4,8-11H2,1H3,(H,21,23)/t14-,15-,18+/m0/s1. The molecule has 0 radical (unpaired) electrons. The number of halogens is 1. The number of fused-ring (bicyclic) bond motifs is 1. The predicted molar refractivity (Wildman–Crippen MR) is 96.3 cm³/mol. The lowest BCUT2D eigenvalue weighted by molar-refractivity contribution is -0.0581. The fraction of sp³-hybridized carbons (Fsp3) is 0.632. The second kappa shape index (κ2) is 7.14. The van der Waals surface area contributed by atoms with Gasteiger partial charge in [-0.05, 0) is 50.3 Å². The van der Waals surface area contributed by atoms with Gasteiger partial charge in [-0.1, -0.05) is 11.6 Å². The van der Waals surface area contributed by atoms with Crippen LogP contribution in [0, 0.1) is 5.92 Å². The zero-order valence-corrected chi connectivity index (χ0v) is 15.3. The van der Waals surface area contributed by atoms with Crippen LogP contribution in [0.5, 0.6) is 5.75 Å². The second-order valence-corrected chi connectivity index (χ2v) is 7.71. The average Bonchev–Trinajstić information content (AvgIpc) is 3.37. The summed E-state index contributed by atoms with van der Waals surface area (Å²) in [6.07, 6.45) is 3.97. The van der Waals surface area contributed by atoms with Gasteiger partial charge in [-0.25, -0.2) is 0 Å². The van der Waals surface area contributed by atoms with E-state index < -0.39 is 0 Å². The Bertz CT molecular complexity index is 650. The number of morpholine rings is 1. The number of nitrogens with zero attached hydrogens (tertiary/aromatic N) is 1. The van der Waals surface area contributed by atoms with Crippen LogP contribution in [0.25, 0.3) is 0 Å². The Morgan fingerprint density at radius 2 is 2.24 bits per heavy atom. The van der Waals surface area contributed by atoms with E-state index in [4.69, 9.17) is 21.1 Å². The monoisotopic (exact) mass is 364 g/mol. The number of nitrogens with one attached hydrogen (secondary N) is 1. The maximum atomic E-state index is 12.5. The third kappa shape index (κ3) is 3.78. The molecule has 2 saturated heterocycles. The third-order valence-electron chi connectivity index (χ3n) is 5.42. The van der Waals surface area contributed by atoms with Crippen LogP contribution < -0.4 is 10.1 Å². The third-order valence-corrected chi connectivity index (χ3v) is 5.72. The molecule has 136 valence electrons. The first-order valence-corrected chi connectivity index (χ1v) is 9.60. The molecular weight excluding hydrogens is 340 g/mol. The van der Waals surface area contributed by atoms with Crippen molar-refractivity contribution in [3.05, 3.63) is 28.8 Å². The van der Waals surface area contributed by atoms with Gasteiger partial charge in [0, 0.05) is 30.7 Å². The van der Waals surface area contributed by atoms with Gasteiger partial charge < -0.3 is 14.8 Å². The Morgan fingerprint density at radius 1 is 1.40 bits per heavy atom. The van der Waals surface area contributed by atoms with Crippen LogP contribution >= 0.6 is 11.6 Å². The van der Waals surface area contributed by atoms with E-state index in [1.165, 1.54) is 12.8 Å². The van der Waals surface area contributed by atoms with E-state index in [1.54, 1.807) is 18.2 Å². The van der Waals surface area contributed by atoms with Gasteiger partial charge in [-0.15, -0.1) is 0 Å². The van der Waals surface area contributed by atoms with E-state index in [0.29, 0.717) is 35.1 Å². The van der Waals surface area contributed by atoms with E-state index in [-0.39, 0.29) is 11.9 Å². The average molecular weight is 365 g/mol. The van der Waals surface area contributed by atoms with Crippen molar-refractivity contribution in [2.75, 3.05) is 26.3 Å². The SMILES string of the molecule is CCOc1ccc(C(=O)N[C@H]2C[C@H]3CO[C@@H](C4CC4)CN3C2)cc1Cl. The van der Waals surface area contributed by atoms with Gasteiger partial charge in [0.25, 0.3) is 5.91 Å². The number of rotatable bonds is 5. The van der Waals surface area contributed by atoms with Crippen LogP contribution in [0.2, 0.25) is 5.02 Å². The summed E-state index contributed by atoms with van der Waals surface area (Å²) in [4.78, 5) is 15.0. The van der Waals surface area contributed by atoms with E-state index in [2.05, 4.69) is 10.2 Å². The van der Waals surface area contributed by atoms with Crippen LogP contribution in [-0.4, -0.2) is 55.3 Å². The smallest absolute Gasteiger partial charge is 0.251 e. The largest absolute Gasteiger partial charge is 0.492 e. The number of benzene rings is 1. The number of carbonyl (C=O) groups excluding carboxylic acids is 1. The molecule has 0 bridgehead atoms. The molecule has 1 N–H and O–H groups in total. The Morgan fingerprint density at radius 3 is 2.96 bits per heavy atom. The Hall–Kier alpha value is -1.30. The van der Waals surface area contributed by atoms with Crippen molar-refractivity contribution in [3.8, 4) is 5.75 Å². The molecule has 1 aromatic carbocycles. The highest BCUT2D eigenvalue weighted by molar-refractivity contribution is 6.32. The molecule has 0 aromatic heterocycles. The summed E-state index contributed by atoms with van der Waals surface area (Å²) in [7, 11) is 0. The highest BCUT2D eigenvalue weighted by atomic mass is 35.5. The predicted octanol–water partition coefficient (Wildman–Crippen LogP) is 2.72. The Kier molecular flexibility index (Phi) is 4.89. The van der Waals surface area contributed by atoms with Crippen LogP contribution in [0.3, 0.4) is 0 Å². The van der Waals surface area contributed by atoms with Crippen LogP contribution in [0.15, 0.2) is 18.2 Å². The minimum absolute atomic E-state index is 0.0746. The molecule has 1 amide bonds. The molecule has 0 spiro atoms. The van der Waals surface area contributed by atoms with Crippen molar-refractivity contribution < 1.29 is 14.3 Å². The zero-order chi connectivity index (χ0) is 17.4. The molecule has 5 nitrogen and oxygen atoms in total. The highest BCUT2D eigenvalue weighted by Gasteiger charge is 2.42. The molecule has 4 rings (SSSR count). The maximum Gasteiger partial charge on any atom is 0.251 e. The molecule has 3 fully saturated rings. The molecule has 0 unspecified atom stereocenters. The molecule has 2 aliphatic heterocycles. The molecular formula is C19H25ClN2O3. The number of amides is 1. The van der Waals surface area contributed by atoms with Gasteiger partial charge in [0.1, 0.15) is 5.75 Å². The lowest BCUT2D eigenvalue weighted by Gasteiger charge is -2.35. The lowest BCUT2D eigenvalue weighted by Crippen LogP contribution is -2.47. The van der Waals surface area contributed by atoms with Crippen LogP contribution in [0.1, 0.15) is 36.5 Å². The number of hydrogen-bond acceptors (Lipinski definition) is 4. The van der Waals surface area contributed by atoms with Crippen molar-refractivity contribution in [1.82, 2.24) is 10.2 Å². The van der Waals surface area contributed by atoms with Gasteiger partial charge in [0.05, 0.1) is 24.3 Å². The minimum Gasteiger partial charge on any atom is -0.492 e. The molecule has 1 aromatic rings.